The monoisotopic (exact) mass is 423 g/mol. The highest BCUT2D eigenvalue weighted by Gasteiger charge is 2.22. The zero-order chi connectivity index (χ0) is 14.6. The molecule has 1 aromatic rings. The van der Waals surface area contributed by atoms with Crippen molar-refractivity contribution in [3.8, 4) is 0 Å². The van der Waals surface area contributed by atoms with Crippen LogP contribution < -0.4 is 4.72 Å². The molecule has 6 heteroatoms. The fourth-order valence-electron chi connectivity index (χ4n) is 2.55. The van der Waals surface area contributed by atoms with E-state index in [9.17, 15) is 8.42 Å². The molecule has 0 aliphatic heterocycles. The van der Waals surface area contributed by atoms with E-state index in [1.165, 1.54) is 19.3 Å². The van der Waals surface area contributed by atoms with Crippen molar-refractivity contribution in [3.05, 3.63) is 27.1 Å². The smallest absolute Gasteiger partial charge is 0.208 e. The van der Waals surface area contributed by atoms with Crippen LogP contribution in [0.5, 0.6) is 0 Å². The summed E-state index contributed by atoms with van der Waals surface area (Å²) in [4.78, 5) is 0.308. The quantitative estimate of drug-likeness (QED) is 0.770. The Morgan fingerprint density at radius 2 is 1.60 bits per heavy atom. The van der Waals surface area contributed by atoms with Gasteiger partial charge < -0.3 is 0 Å². The second-order valence-electron chi connectivity index (χ2n) is 5.24. The lowest BCUT2D eigenvalue weighted by Crippen LogP contribution is -2.35. The Bertz CT molecular complexity index is 552. The van der Waals surface area contributed by atoms with Crippen LogP contribution in [0.4, 0.5) is 0 Å². The Labute approximate surface area is 137 Å². The highest BCUT2D eigenvalue weighted by molar-refractivity contribution is 9.11. The molecule has 0 bridgehead atoms. The molecule has 1 N–H and O–H groups in total. The van der Waals surface area contributed by atoms with E-state index in [1.54, 1.807) is 18.2 Å². The lowest BCUT2D eigenvalue weighted by molar-refractivity contribution is 0.426. The number of hydrogen-bond acceptors (Lipinski definition) is 2. The molecule has 0 amide bonds. The van der Waals surface area contributed by atoms with E-state index in [0.29, 0.717) is 9.37 Å². The van der Waals surface area contributed by atoms with E-state index in [-0.39, 0.29) is 6.04 Å². The number of nitrogens with one attached hydrogen (secondary N) is 1. The Hall–Kier alpha value is 0.0900. The first-order valence-electron chi connectivity index (χ1n) is 6.96. The highest BCUT2D eigenvalue weighted by atomic mass is 79.9. The summed E-state index contributed by atoms with van der Waals surface area (Å²) >= 11 is 6.66. The molecule has 1 aliphatic carbocycles. The molecule has 0 unspecified atom stereocenters. The van der Waals surface area contributed by atoms with Gasteiger partial charge >= 0.3 is 0 Å². The van der Waals surface area contributed by atoms with Crippen LogP contribution in [0.2, 0.25) is 0 Å². The Morgan fingerprint density at radius 3 is 2.20 bits per heavy atom. The molecular formula is C14H19Br2NO2S. The maximum Gasteiger partial charge on any atom is 0.241 e. The van der Waals surface area contributed by atoms with Crippen LogP contribution >= 0.6 is 31.9 Å². The van der Waals surface area contributed by atoms with Crippen LogP contribution in [0.25, 0.3) is 0 Å². The molecule has 1 aromatic carbocycles. The van der Waals surface area contributed by atoms with Gasteiger partial charge in [0.2, 0.25) is 10.0 Å². The van der Waals surface area contributed by atoms with Crippen molar-refractivity contribution in [2.45, 2.75) is 55.9 Å². The maximum atomic E-state index is 12.5. The Kier molecular flexibility index (Phi) is 6.08. The number of sulfonamides is 1. The van der Waals surface area contributed by atoms with Gasteiger partial charge in [0, 0.05) is 15.0 Å². The summed E-state index contributed by atoms with van der Waals surface area (Å²) in [7, 11) is -3.45. The molecule has 1 saturated carbocycles. The SMILES string of the molecule is O=S(=O)(NC1CCCCCCC1)c1ccc(Br)cc1Br. The van der Waals surface area contributed by atoms with E-state index >= 15 is 0 Å². The van der Waals surface area contributed by atoms with E-state index < -0.39 is 10.0 Å². The molecule has 3 nitrogen and oxygen atoms in total. The van der Waals surface area contributed by atoms with Gasteiger partial charge in [-0.15, -0.1) is 0 Å². The van der Waals surface area contributed by atoms with Crippen molar-refractivity contribution in [3.63, 3.8) is 0 Å². The Morgan fingerprint density at radius 1 is 1.00 bits per heavy atom. The average Bonchev–Trinajstić information content (AvgIpc) is 2.31. The molecule has 1 aliphatic rings. The minimum Gasteiger partial charge on any atom is -0.208 e. The summed E-state index contributed by atoms with van der Waals surface area (Å²) < 4.78 is 29.3. The molecule has 0 spiro atoms. The van der Waals surface area contributed by atoms with E-state index in [0.717, 1.165) is 30.2 Å². The average molecular weight is 425 g/mol. The summed E-state index contributed by atoms with van der Waals surface area (Å²) in [5.74, 6) is 0. The van der Waals surface area contributed by atoms with Crippen LogP contribution in [-0.2, 0) is 10.0 Å². The molecular weight excluding hydrogens is 406 g/mol. The van der Waals surface area contributed by atoms with Crippen molar-refractivity contribution in [2.24, 2.45) is 0 Å². The molecule has 20 heavy (non-hydrogen) atoms. The summed E-state index contributed by atoms with van der Waals surface area (Å²) in [5, 5.41) is 0. The van der Waals surface area contributed by atoms with Crippen LogP contribution in [0.15, 0.2) is 32.0 Å². The minimum atomic E-state index is -3.45. The van der Waals surface area contributed by atoms with Crippen molar-refractivity contribution in [1.82, 2.24) is 4.72 Å². The van der Waals surface area contributed by atoms with Gasteiger partial charge in [-0.2, -0.15) is 0 Å². The largest absolute Gasteiger partial charge is 0.241 e. The number of halogens is 2. The number of rotatable bonds is 3. The normalized spacial score (nSPS) is 18.5. The standard InChI is InChI=1S/C14H19Br2NO2S/c15-11-8-9-14(13(16)10-11)20(18,19)17-12-6-4-2-1-3-5-7-12/h8-10,12,17H,1-7H2. The molecule has 0 saturated heterocycles. The predicted molar refractivity (Wildman–Crippen MR) is 88.3 cm³/mol. The third-order valence-corrected chi connectivity index (χ3v) is 6.60. The minimum absolute atomic E-state index is 0.0656. The fourth-order valence-corrected chi connectivity index (χ4v) is 5.60. The molecule has 0 radical (unpaired) electrons. The molecule has 112 valence electrons. The summed E-state index contributed by atoms with van der Waals surface area (Å²) in [6, 6.07) is 5.19. The lowest BCUT2D eigenvalue weighted by Gasteiger charge is -2.21. The van der Waals surface area contributed by atoms with Gasteiger partial charge in [-0.05, 0) is 47.0 Å². The number of hydrogen-bond donors (Lipinski definition) is 1. The highest BCUT2D eigenvalue weighted by Crippen LogP contribution is 2.27. The zero-order valence-corrected chi connectivity index (χ0v) is 15.2. The van der Waals surface area contributed by atoms with Crippen LogP contribution in [0.3, 0.4) is 0 Å². The van der Waals surface area contributed by atoms with Crippen LogP contribution in [0, 0.1) is 0 Å². The third-order valence-electron chi connectivity index (χ3n) is 3.61. The molecule has 1 fully saturated rings. The van der Waals surface area contributed by atoms with Gasteiger partial charge in [-0.1, -0.05) is 48.0 Å². The first-order valence-corrected chi connectivity index (χ1v) is 10.0. The van der Waals surface area contributed by atoms with Crippen molar-refractivity contribution < 1.29 is 8.42 Å². The second-order valence-corrected chi connectivity index (χ2v) is 8.69. The zero-order valence-electron chi connectivity index (χ0n) is 11.2. The topological polar surface area (TPSA) is 46.2 Å². The van der Waals surface area contributed by atoms with Crippen LogP contribution in [0.1, 0.15) is 44.9 Å². The van der Waals surface area contributed by atoms with E-state index in [2.05, 4.69) is 36.6 Å². The molecule has 0 heterocycles. The van der Waals surface area contributed by atoms with Gasteiger partial charge in [-0.3, -0.25) is 0 Å². The summed E-state index contributed by atoms with van der Waals surface area (Å²) in [6.45, 7) is 0. The van der Waals surface area contributed by atoms with Crippen molar-refractivity contribution in [1.29, 1.82) is 0 Å². The van der Waals surface area contributed by atoms with E-state index in [4.69, 9.17) is 0 Å². The fraction of sp³-hybridized carbons (Fsp3) is 0.571. The van der Waals surface area contributed by atoms with Crippen LogP contribution in [-0.4, -0.2) is 14.5 Å². The van der Waals surface area contributed by atoms with E-state index in [1.807, 2.05) is 0 Å². The first kappa shape index (κ1) is 16.5. The van der Waals surface area contributed by atoms with Gasteiger partial charge in [0.1, 0.15) is 0 Å². The van der Waals surface area contributed by atoms with Crippen molar-refractivity contribution in [2.75, 3.05) is 0 Å². The molecule has 2 rings (SSSR count). The summed E-state index contributed by atoms with van der Waals surface area (Å²) in [6.07, 6.45) is 7.78. The van der Waals surface area contributed by atoms with Gasteiger partial charge in [0.15, 0.2) is 0 Å². The predicted octanol–water partition coefficient (Wildman–Crippen LogP) is 4.60. The lowest BCUT2D eigenvalue weighted by atomic mass is 9.97. The number of benzene rings is 1. The van der Waals surface area contributed by atoms with Gasteiger partial charge in [0.05, 0.1) is 4.90 Å². The maximum absolute atomic E-state index is 12.5. The van der Waals surface area contributed by atoms with Gasteiger partial charge in [-0.25, -0.2) is 13.1 Å². The van der Waals surface area contributed by atoms with Gasteiger partial charge in [0.25, 0.3) is 0 Å². The summed E-state index contributed by atoms with van der Waals surface area (Å²) in [5.41, 5.74) is 0. The Balaban J connectivity index is 2.13. The second kappa shape index (κ2) is 7.38. The third kappa shape index (κ3) is 4.55. The molecule has 0 atom stereocenters. The van der Waals surface area contributed by atoms with Crippen molar-refractivity contribution >= 4 is 41.9 Å². The molecule has 0 aromatic heterocycles. The first-order chi connectivity index (χ1) is 9.49.